The summed E-state index contributed by atoms with van der Waals surface area (Å²) in [4.78, 5) is 11.3. The smallest absolute Gasteiger partial charge is 0.333 e. The maximum absolute atomic E-state index is 11.3. The first-order valence-corrected chi connectivity index (χ1v) is 12.0. The minimum Gasteiger partial charge on any atom is -0.494 e. The summed E-state index contributed by atoms with van der Waals surface area (Å²) in [7, 11) is 0. The van der Waals surface area contributed by atoms with Crippen LogP contribution in [0.4, 0.5) is 0 Å². The lowest BCUT2D eigenvalue weighted by atomic mass is 10.0. The number of allylic oxidation sites excluding steroid dienone is 1. The normalized spacial score (nSPS) is 12.4. The number of benzene rings is 2. The molecule has 2 aromatic rings. The lowest BCUT2D eigenvalue weighted by Crippen LogP contribution is -2.06. The Morgan fingerprint density at radius 3 is 2.47 bits per heavy atom. The Morgan fingerprint density at radius 1 is 1.06 bits per heavy atom. The fourth-order valence-electron chi connectivity index (χ4n) is 3.74. The third-order valence-electron chi connectivity index (χ3n) is 5.71. The highest BCUT2D eigenvalue weighted by atomic mass is 16.5. The summed E-state index contributed by atoms with van der Waals surface area (Å²) >= 11 is 0. The van der Waals surface area contributed by atoms with E-state index in [1.165, 1.54) is 5.56 Å². The van der Waals surface area contributed by atoms with Gasteiger partial charge in [-0.3, -0.25) is 0 Å². The predicted octanol–water partition coefficient (Wildman–Crippen LogP) is 6.52. The molecule has 5 nitrogen and oxygen atoms in total. The van der Waals surface area contributed by atoms with Crippen LogP contribution in [0, 0.1) is 11.3 Å². The molecule has 3 rings (SSSR count). The molecule has 0 aromatic heterocycles. The van der Waals surface area contributed by atoms with Crippen LogP contribution in [0.3, 0.4) is 0 Å². The number of carbonyl (C=O) groups is 1. The number of rotatable bonds is 13. The van der Waals surface area contributed by atoms with Gasteiger partial charge >= 0.3 is 5.97 Å². The number of hydrogen-bond acceptors (Lipinski definition) is 5. The van der Waals surface area contributed by atoms with E-state index in [0.717, 1.165) is 74.2 Å². The maximum Gasteiger partial charge on any atom is 0.333 e. The quantitative estimate of drug-likeness (QED) is 0.112. The average molecular weight is 460 g/mol. The minimum atomic E-state index is -0.306. The molecule has 1 aliphatic heterocycles. The zero-order valence-electron chi connectivity index (χ0n) is 20.0. The molecule has 0 fully saturated rings. The molecule has 1 heterocycles. The fraction of sp³-hybridized carbons (Fsp3) is 0.379. The highest BCUT2D eigenvalue weighted by Gasteiger charge is 2.12. The molecule has 0 radical (unpaired) electrons. The molecule has 0 atom stereocenters. The first-order valence-electron chi connectivity index (χ1n) is 12.0. The van der Waals surface area contributed by atoms with Gasteiger partial charge in [0.15, 0.2) is 0 Å². The van der Waals surface area contributed by atoms with Crippen molar-refractivity contribution in [1.29, 1.82) is 5.26 Å². The molecule has 0 N–H and O–H groups in total. The number of nitriles is 1. The molecule has 2 aromatic carbocycles. The van der Waals surface area contributed by atoms with E-state index in [9.17, 15) is 10.1 Å². The summed E-state index contributed by atoms with van der Waals surface area (Å²) in [6, 6.07) is 16.1. The summed E-state index contributed by atoms with van der Waals surface area (Å²) in [5, 5.41) is 9.64. The van der Waals surface area contributed by atoms with Gasteiger partial charge in [0.1, 0.15) is 11.5 Å². The lowest BCUT2D eigenvalue weighted by molar-refractivity contribution is -0.139. The molecule has 178 valence electrons. The number of unbranched alkanes of at least 4 members (excludes halogenated alkanes) is 5. The van der Waals surface area contributed by atoms with Crippen LogP contribution in [-0.2, 0) is 16.0 Å². The van der Waals surface area contributed by atoms with Crippen molar-refractivity contribution >= 4 is 17.6 Å². The molecule has 0 amide bonds. The average Bonchev–Trinajstić information content (AvgIpc) is 3.32. The molecule has 0 unspecified atom stereocenters. The van der Waals surface area contributed by atoms with Crippen molar-refractivity contribution in [3.8, 4) is 17.6 Å². The second kappa shape index (κ2) is 13.3. The van der Waals surface area contributed by atoms with Crippen molar-refractivity contribution in [3.05, 3.63) is 71.3 Å². The van der Waals surface area contributed by atoms with E-state index in [-0.39, 0.29) is 5.97 Å². The van der Waals surface area contributed by atoms with E-state index in [0.29, 0.717) is 24.4 Å². The molecule has 34 heavy (non-hydrogen) atoms. The van der Waals surface area contributed by atoms with Crippen molar-refractivity contribution in [1.82, 2.24) is 0 Å². The van der Waals surface area contributed by atoms with E-state index in [1.807, 2.05) is 42.5 Å². The SMILES string of the molecule is C=C(C)C(=O)OCCCCCCCCOc1ccc(/C(C#N)=C/c2ccc3c(c2)OCC3)cc1. The van der Waals surface area contributed by atoms with Gasteiger partial charge in [-0.2, -0.15) is 5.26 Å². The van der Waals surface area contributed by atoms with E-state index in [4.69, 9.17) is 14.2 Å². The van der Waals surface area contributed by atoms with Gasteiger partial charge in [-0.05, 0) is 72.9 Å². The van der Waals surface area contributed by atoms with Crippen LogP contribution in [0.2, 0.25) is 0 Å². The van der Waals surface area contributed by atoms with E-state index in [1.54, 1.807) is 6.92 Å². The van der Waals surface area contributed by atoms with Gasteiger partial charge in [-0.25, -0.2) is 4.79 Å². The minimum absolute atomic E-state index is 0.306. The summed E-state index contributed by atoms with van der Waals surface area (Å²) in [5.74, 6) is 1.42. The fourth-order valence-corrected chi connectivity index (χ4v) is 3.74. The van der Waals surface area contributed by atoms with Crippen LogP contribution in [0.25, 0.3) is 11.6 Å². The van der Waals surface area contributed by atoms with Gasteiger partial charge in [0, 0.05) is 12.0 Å². The summed E-state index contributed by atoms with van der Waals surface area (Å²) in [5.41, 5.74) is 4.11. The predicted molar refractivity (Wildman–Crippen MR) is 135 cm³/mol. The summed E-state index contributed by atoms with van der Waals surface area (Å²) < 4.78 is 16.6. The summed E-state index contributed by atoms with van der Waals surface area (Å²) in [6.45, 7) is 7.09. The van der Waals surface area contributed by atoms with Crippen LogP contribution < -0.4 is 9.47 Å². The number of ether oxygens (including phenoxy) is 3. The largest absolute Gasteiger partial charge is 0.494 e. The van der Waals surface area contributed by atoms with Crippen LogP contribution in [0.5, 0.6) is 11.5 Å². The molecular weight excluding hydrogens is 426 g/mol. The van der Waals surface area contributed by atoms with Gasteiger partial charge in [0.05, 0.1) is 31.5 Å². The Kier molecular flexibility index (Phi) is 9.79. The van der Waals surface area contributed by atoms with Gasteiger partial charge in [0.2, 0.25) is 0 Å². The molecule has 0 spiro atoms. The highest BCUT2D eigenvalue weighted by molar-refractivity contribution is 5.90. The Hall–Kier alpha value is -3.52. The van der Waals surface area contributed by atoms with Crippen molar-refractivity contribution in [3.63, 3.8) is 0 Å². The first-order chi connectivity index (χ1) is 16.6. The number of esters is 1. The highest BCUT2D eigenvalue weighted by Crippen LogP contribution is 2.28. The Bertz CT molecular complexity index is 1050. The zero-order valence-corrected chi connectivity index (χ0v) is 20.0. The van der Waals surface area contributed by atoms with Gasteiger partial charge in [0.25, 0.3) is 0 Å². The molecule has 1 aliphatic rings. The molecular formula is C29H33NO4. The number of nitrogens with zero attached hydrogens (tertiary/aromatic N) is 1. The molecule has 0 saturated heterocycles. The van der Waals surface area contributed by atoms with Crippen molar-refractivity contribution in [2.75, 3.05) is 19.8 Å². The first kappa shape index (κ1) is 25.1. The summed E-state index contributed by atoms with van der Waals surface area (Å²) in [6.07, 6.45) is 9.15. The topological polar surface area (TPSA) is 68.5 Å². The van der Waals surface area contributed by atoms with Gasteiger partial charge in [-0.1, -0.05) is 44.4 Å². The van der Waals surface area contributed by atoms with Gasteiger partial charge < -0.3 is 14.2 Å². The van der Waals surface area contributed by atoms with Crippen molar-refractivity contribution < 1.29 is 19.0 Å². The van der Waals surface area contributed by atoms with Crippen molar-refractivity contribution in [2.24, 2.45) is 0 Å². The second-order valence-electron chi connectivity index (χ2n) is 8.55. The molecule has 0 bridgehead atoms. The number of hydrogen-bond donors (Lipinski definition) is 0. The zero-order chi connectivity index (χ0) is 24.2. The molecule has 0 saturated carbocycles. The van der Waals surface area contributed by atoms with Gasteiger partial charge in [-0.15, -0.1) is 0 Å². The Labute approximate surface area is 202 Å². The van der Waals surface area contributed by atoms with Crippen LogP contribution in [0.1, 0.15) is 62.1 Å². The monoisotopic (exact) mass is 459 g/mol. The third-order valence-corrected chi connectivity index (χ3v) is 5.71. The standard InChI is InChI=1S/C29H33NO4/c1-22(2)29(31)34-17-8-6-4-3-5-7-16-32-27-13-11-24(12-14-27)26(21-30)19-23-9-10-25-15-18-33-28(25)20-23/h9-14,19-20H,1,3-8,15-18H2,2H3/b26-19+. The number of carbonyl (C=O) groups excluding carboxylic acids is 1. The van der Waals surface area contributed by atoms with Crippen molar-refractivity contribution in [2.45, 2.75) is 51.9 Å². The Balaban J connectivity index is 1.34. The van der Waals surface area contributed by atoms with E-state index in [2.05, 4.69) is 18.7 Å². The van der Waals surface area contributed by atoms with E-state index >= 15 is 0 Å². The number of fused-ring (bicyclic) bond motifs is 1. The van der Waals surface area contributed by atoms with Crippen LogP contribution >= 0.6 is 0 Å². The second-order valence-corrected chi connectivity index (χ2v) is 8.55. The molecule has 0 aliphatic carbocycles. The maximum atomic E-state index is 11.3. The Morgan fingerprint density at radius 2 is 1.76 bits per heavy atom. The van der Waals surface area contributed by atoms with Crippen LogP contribution in [0.15, 0.2) is 54.6 Å². The molecule has 5 heteroatoms. The van der Waals surface area contributed by atoms with Crippen LogP contribution in [-0.4, -0.2) is 25.8 Å². The third kappa shape index (κ3) is 7.81. The van der Waals surface area contributed by atoms with E-state index < -0.39 is 0 Å². The lowest BCUT2D eigenvalue weighted by Gasteiger charge is -2.08.